The van der Waals surface area contributed by atoms with E-state index in [4.69, 9.17) is 28.3 Å². The van der Waals surface area contributed by atoms with Crippen molar-refractivity contribution in [3.8, 4) is 0 Å². The molecular weight excluding hydrogens is 347 g/mol. The number of methoxy groups -OCH3 is 1. The molecule has 27 heavy (non-hydrogen) atoms. The number of benzene rings is 1. The summed E-state index contributed by atoms with van der Waals surface area (Å²) in [6.45, 7) is 12.2. The van der Waals surface area contributed by atoms with Crippen LogP contribution in [0.3, 0.4) is 0 Å². The SMILES string of the molecule is COCCOCCOCCOCc1cccc(B2OC(C)(C)C(C)(C)O2)c1. The molecule has 2 rings (SSSR count). The van der Waals surface area contributed by atoms with Crippen molar-refractivity contribution < 1.29 is 28.3 Å². The van der Waals surface area contributed by atoms with Gasteiger partial charge in [-0.25, -0.2) is 0 Å². The van der Waals surface area contributed by atoms with Gasteiger partial charge in [-0.3, -0.25) is 0 Å². The second kappa shape index (κ2) is 10.6. The van der Waals surface area contributed by atoms with Crippen molar-refractivity contribution in [2.75, 3.05) is 46.8 Å². The van der Waals surface area contributed by atoms with E-state index in [0.29, 0.717) is 46.2 Å². The third kappa shape index (κ3) is 6.86. The highest BCUT2D eigenvalue weighted by Crippen LogP contribution is 2.36. The van der Waals surface area contributed by atoms with Crippen molar-refractivity contribution in [2.45, 2.75) is 45.5 Å². The van der Waals surface area contributed by atoms with Crippen LogP contribution in [0.5, 0.6) is 0 Å². The Hall–Kier alpha value is -0.955. The van der Waals surface area contributed by atoms with E-state index < -0.39 is 0 Å². The number of ether oxygens (including phenoxy) is 4. The van der Waals surface area contributed by atoms with Gasteiger partial charge in [-0.2, -0.15) is 0 Å². The van der Waals surface area contributed by atoms with E-state index in [1.54, 1.807) is 7.11 Å². The molecule has 0 spiro atoms. The van der Waals surface area contributed by atoms with Gasteiger partial charge in [0.2, 0.25) is 0 Å². The second-order valence-corrected chi connectivity index (χ2v) is 7.60. The first-order valence-corrected chi connectivity index (χ1v) is 9.52. The molecule has 152 valence electrons. The van der Waals surface area contributed by atoms with Crippen molar-refractivity contribution in [1.82, 2.24) is 0 Å². The molecule has 1 aliphatic rings. The van der Waals surface area contributed by atoms with Gasteiger partial charge in [-0.1, -0.05) is 24.3 Å². The van der Waals surface area contributed by atoms with Crippen LogP contribution in [0.25, 0.3) is 0 Å². The molecule has 0 N–H and O–H groups in total. The molecule has 7 heteroatoms. The van der Waals surface area contributed by atoms with Crippen LogP contribution in [-0.4, -0.2) is 65.1 Å². The van der Waals surface area contributed by atoms with E-state index in [0.717, 1.165) is 11.0 Å². The van der Waals surface area contributed by atoms with Crippen molar-refractivity contribution in [2.24, 2.45) is 0 Å². The highest BCUT2D eigenvalue weighted by atomic mass is 16.7. The Morgan fingerprint density at radius 3 is 1.96 bits per heavy atom. The number of hydrogen-bond donors (Lipinski definition) is 0. The number of rotatable bonds is 12. The lowest BCUT2D eigenvalue weighted by atomic mass is 9.78. The minimum atomic E-state index is -0.351. The second-order valence-electron chi connectivity index (χ2n) is 7.60. The maximum absolute atomic E-state index is 6.11. The quantitative estimate of drug-likeness (QED) is 0.409. The average molecular weight is 380 g/mol. The fraction of sp³-hybridized carbons (Fsp3) is 0.700. The van der Waals surface area contributed by atoms with Crippen LogP contribution >= 0.6 is 0 Å². The smallest absolute Gasteiger partial charge is 0.399 e. The highest BCUT2D eigenvalue weighted by Gasteiger charge is 2.51. The molecule has 1 heterocycles. The van der Waals surface area contributed by atoms with Crippen molar-refractivity contribution in [3.63, 3.8) is 0 Å². The van der Waals surface area contributed by atoms with Crippen LogP contribution in [0.15, 0.2) is 24.3 Å². The average Bonchev–Trinajstić information content (AvgIpc) is 2.84. The Balaban J connectivity index is 1.66. The Labute approximate surface area is 163 Å². The fourth-order valence-corrected chi connectivity index (χ4v) is 2.58. The van der Waals surface area contributed by atoms with Gasteiger partial charge in [-0.05, 0) is 38.7 Å². The third-order valence-electron chi connectivity index (χ3n) is 4.92. The summed E-state index contributed by atoms with van der Waals surface area (Å²) in [6.07, 6.45) is 0. The summed E-state index contributed by atoms with van der Waals surface area (Å²) >= 11 is 0. The first-order valence-electron chi connectivity index (χ1n) is 9.52. The molecule has 1 saturated heterocycles. The minimum Gasteiger partial charge on any atom is -0.399 e. The molecule has 0 radical (unpaired) electrons. The maximum atomic E-state index is 6.11. The van der Waals surface area contributed by atoms with Gasteiger partial charge in [0.15, 0.2) is 0 Å². The summed E-state index contributed by atoms with van der Waals surface area (Å²) in [5, 5.41) is 0. The van der Waals surface area contributed by atoms with E-state index in [2.05, 4.69) is 33.8 Å². The molecule has 0 aromatic heterocycles. The summed E-state index contributed by atoms with van der Waals surface area (Å²) in [4.78, 5) is 0. The molecule has 0 unspecified atom stereocenters. The van der Waals surface area contributed by atoms with E-state index in [-0.39, 0.29) is 18.3 Å². The molecule has 0 bridgehead atoms. The zero-order valence-electron chi connectivity index (χ0n) is 17.3. The normalized spacial score (nSPS) is 18.2. The van der Waals surface area contributed by atoms with Gasteiger partial charge in [0, 0.05) is 7.11 Å². The predicted molar refractivity (Wildman–Crippen MR) is 105 cm³/mol. The zero-order chi connectivity index (χ0) is 19.8. The van der Waals surface area contributed by atoms with Gasteiger partial charge in [0.1, 0.15) is 0 Å². The fourth-order valence-electron chi connectivity index (χ4n) is 2.58. The molecule has 1 aromatic rings. The lowest BCUT2D eigenvalue weighted by Gasteiger charge is -2.32. The standard InChI is InChI=1S/C20H33BO6/c1-19(2)20(3,4)27-21(26-19)18-8-6-7-17(15-18)16-25-14-13-24-12-11-23-10-9-22-5/h6-8,15H,9-14,16H2,1-5H3. The highest BCUT2D eigenvalue weighted by molar-refractivity contribution is 6.62. The monoisotopic (exact) mass is 380 g/mol. The summed E-state index contributed by atoms with van der Waals surface area (Å²) in [7, 11) is 1.30. The summed E-state index contributed by atoms with van der Waals surface area (Å²) < 4.78 is 33.6. The molecular formula is C20H33BO6. The molecule has 0 saturated carbocycles. The van der Waals surface area contributed by atoms with Crippen LogP contribution in [0, 0.1) is 0 Å². The van der Waals surface area contributed by atoms with Crippen molar-refractivity contribution >= 4 is 12.6 Å². The zero-order valence-corrected chi connectivity index (χ0v) is 17.3. The molecule has 1 aliphatic heterocycles. The van der Waals surface area contributed by atoms with E-state index in [1.165, 1.54) is 0 Å². The molecule has 1 aromatic carbocycles. The predicted octanol–water partition coefficient (Wildman–Crippen LogP) is 2.18. The lowest BCUT2D eigenvalue weighted by molar-refractivity contribution is 0.000874. The molecule has 0 amide bonds. The van der Waals surface area contributed by atoms with Gasteiger partial charge < -0.3 is 28.3 Å². The van der Waals surface area contributed by atoms with Gasteiger partial charge in [0.05, 0.1) is 57.5 Å². The Morgan fingerprint density at radius 1 is 0.815 bits per heavy atom. The van der Waals surface area contributed by atoms with Crippen molar-refractivity contribution in [3.05, 3.63) is 29.8 Å². The van der Waals surface area contributed by atoms with Crippen LogP contribution in [0.2, 0.25) is 0 Å². The molecule has 6 nitrogen and oxygen atoms in total. The largest absolute Gasteiger partial charge is 0.494 e. The lowest BCUT2D eigenvalue weighted by Crippen LogP contribution is -2.41. The van der Waals surface area contributed by atoms with Gasteiger partial charge >= 0.3 is 7.12 Å². The topological polar surface area (TPSA) is 55.4 Å². The van der Waals surface area contributed by atoms with E-state index >= 15 is 0 Å². The van der Waals surface area contributed by atoms with Gasteiger partial charge in [0.25, 0.3) is 0 Å². The molecule has 0 aliphatic carbocycles. The Bertz CT molecular complexity index is 547. The van der Waals surface area contributed by atoms with E-state index in [9.17, 15) is 0 Å². The first kappa shape index (κ1) is 22.3. The van der Waals surface area contributed by atoms with Crippen LogP contribution in [0.4, 0.5) is 0 Å². The summed E-state index contributed by atoms with van der Waals surface area (Å²) in [5.74, 6) is 0. The summed E-state index contributed by atoms with van der Waals surface area (Å²) in [5.41, 5.74) is 1.42. The molecule has 0 atom stereocenters. The maximum Gasteiger partial charge on any atom is 0.494 e. The summed E-state index contributed by atoms with van der Waals surface area (Å²) in [6, 6.07) is 8.15. The Morgan fingerprint density at radius 2 is 1.37 bits per heavy atom. The van der Waals surface area contributed by atoms with Gasteiger partial charge in [-0.15, -0.1) is 0 Å². The molecule has 1 fully saturated rings. The van der Waals surface area contributed by atoms with E-state index in [1.807, 2.05) is 18.2 Å². The van der Waals surface area contributed by atoms with Crippen LogP contribution in [0.1, 0.15) is 33.3 Å². The van der Waals surface area contributed by atoms with Crippen LogP contribution < -0.4 is 5.46 Å². The third-order valence-corrected chi connectivity index (χ3v) is 4.92. The Kier molecular flexibility index (Phi) is 8.73. The van der Waals surface area contributed by atoms with Crippen LogP contribution in [-0.2, 0) is 34.9 Å². The minimum absolute atomic E-state index is 0.339. The van der Waals surface area contributed by atoms with Crippen molar-refractivity contribution in [1.29, 1.82) is 0 Å². The first-order chi connectivity index (χ1) is 12.9. The number of hydrogen-bond acceptors (Lipinski definition) is 6.